The van der Waals surface area contributed by atoms with Gasteiger partial charge >= 0.3 is 0 Å². The number of pyridine rings is 1. The summed E-state index contributed by atoms with van der Waals surface area (Å²) in [6.45, 7) is 5.74. The van der Waals surface area contributed by atoms with Crippen LogP contribution in [0, 0.1) is 30.4 Å². The summed E-state index contributed by atoms with van der Waals surface area (Å²) in [7, 11) is 0. The number of fused-ring (bicyclic) bond motifs is 1. The molecule has 200 valence electrons. The predicted octanol–water partition coefficient (Wildman–Crippen LogP) is 3.69. The number of ether oxygens (including phenoxy) is 1. The molecule has 1 aliphatic carbocycles. The fourth-order valence-electron chi connectivity index (χ4n) is 5.11. The van der Waals surface area contributed by atoms with Gasteiger partial charge in [0, 0.05) is 60.7 Å². The van der Waals surface area contributed by atoms with Crippen LogP contribution in [0.2, 0.25) is 0 Å². The smallest absolute Gasteiger partial charge is 0.257 e. The second-order valence-corrected chi connectivity index (χ2v) is 10.5. The standard InChI is InChI=1S/C28H26F2N6O3/c1-15-18(14-36(34-15)27-31-9-4-10-32-27)26(37)35-12-19-20(13-35)25(19)39-22-11-21(28(2,3)38)23(30)24(33-22)16-5-7-17(29)8-6-16/h4-11,14,19-20,25,38H,12-13H2,1-3H3/t19-,20+,25?. The molecule has 39 heavy (non-hydrogen) atoms. The van der Waals surface area contributed by atoms with E-state index in [9.17, 15) is 14.3 Å². The maximum atomic E-state index is 15.3. The van der Waals surface area contributed by atoms with Crippen LogP contribution in [0.4, 0.5) is 8.78 Å². The van der Waals surface area contributed by atoms with Crippen LogP contribution in [0.1, 0.15) is 35.5 Å². The van der Waals surface area contributed by atoms with E-state index < -0.39 is 17.2 Å². The Hall–Kier alpha value is -4.25. The van der Waals surface area contributed by atoms with Gasteiger partial charge in [-0.1, -0.05) is 0 Å². The predicted molar refractivity (Wildman–Crippen MR) is 136 cm³/mol. The largest absolute Gasteiger partial charge is 0.474 e. The molecule has 3 atom stereocenters. The van der Waals surface area contributed by atoms with Crippen molar-refractivity contribution < 1.29 is 23.4 Å². The van der Waals surface area contributed by atoms with Crippen molar-refractivity contribution in [2.45, 2.75) is 32.5 Å². The lowest BCUT2D eigenvalue weighted by atomic mass is 9.96. The monoisotopic (exact) mass is 532 g/mol. The normalized spacial score (nSPS) is 20.2. The van der Waals surface area contributed by atoms with E-state index >= 15 is 4.39 Å². The van der Waals surface area contributed by atoms with Crippen LogP contribution in [-0.2, 0) is 5.60 Å². The van der Waals surface area contributed by atoms with Gasteiger partial charge in [0.25, 0.3) is 5.91 Å². The Labute approximate surface area is 223 Å². The van der Waals surface area contributed by atoms with Crippen LogP contribution in [0.3, 0.4) is 0 Å². The Morgan fingerprint density at radius 3 is 2.41 bits per heavy atom. The number of benzene rings is 1. The lowest BCUT2D eigenvalue weighted by Crippen LogP contribution is -2.33. The van der Waals surface area contributed by atoms with Gasteiger partial charge in [-0.05, 0) is 51.1 Å². The molecular formula is C28H26F2N6O3. The van der Waals surface area contributed by atoms with Gasteiger partial charge in [0.1, 0.15) is 17.6 Å². The highest BCUT2D eigenvalue weighted by Crippen LogP contribution is 2.48. The number of likely N-dealkylation sites (tertiary alicyclic amines) is 1. The van der Waals surface area contributed by atoms with Crippen molar-refractivity contribution in [3.8, 4) is 23.1 Å². The third kappa shape index (κ3) is 4.63. The number of aliphatic hydroxyl groups is 1. The van der Waals surface area contributed by atoms with Crippen molar-refractivity contribution in [2.75, 3.05) is 13.1 Å². The fourth-order valence-corrected chi connectivity index (χ4v) is 5.11. The van der Waals surface area contributed by atoms with Crippen molar-refractivity contribution in [3.05, 3.63) is 83.4 Å². The number of aryl methyl sites for hydroxylation is 1. The lowest BCUT2D eigenvalue weighted by Gasteiger charge is -2.22. The molecule has 2 fully saturated rings. The highest BCUT2D eigenvalue weighted by molar-refractivity contribution is 5.95. The minimum atomic E-state index is -1.49. The quantitative estimate of drug-likeness (QED) is 0.404. The molecule has 1 aliphatic heterocycles. The van der Waals surface area contributed by atoms with Crippen LogP contribution in [0.25, 0.3) is 17.2 Å². The second-order valence-electron chi connectivity index (χ2n) is 10.5. The Morgan fingerprint density at radius 1 is 1.10 bits per heavy atom. The molecule has 9 nitrogen and oxygen atoms in total. The van der Waals surface area contributed by atoms with E-state index in [1.807, 2.05) is 0 Å². The molecule has 4 heterocycles. The third-order valence-corrected chi connectivity index (χ3v) is 7.26. The molecule has 1 amide bonds. The number of piperidine rings is 1. The van der Waals surface area contributed by atoms with Crippen LogP contribution >= 0.6 is 0 Å². The van der Waals surface area contributed by atoms with Crippen molar-refractivity contribution in [3.63, 3.8) is 0 Å². The number of halogens is 2. The molecule has 11 heteroatoms. The molecule has 6 rings (SSSR count). The number of hydrogen-bond donors (Lipinski definition) is 1. The van der Waals surface area contributed by atoms with Gasteiger partial charge in [-0.2, -0.15) is 5.10 Å². The van der Waals surface area contributed by atoms with E-state index in [2.05, 4.69) is 20.1 Å². The Kier molecular flexibility index (Phi) is 5.91. The van der Waals surface area contributed by atoms with Crippen LogP contribution in [0.5, 0.6) is 5.88 Å². The van der Waals surface area contributed by atoms with E-state index in [1.54, 1.807) is 36.5 Å². The summed E-state index contributed by atoms with van der Waals surface area (Å²) in [5, 5.41) is 15.0. The molecule has 1 aromatic carbocycles. The molecule has 1 unspecified atom stereocenters. The molecule has 1 saturated carbocycles. The average Bonchev–Trinajstić information content (AvgIpc) is 3.22. The van der Waals surface area contributed by atoms with E-state index in [-0.39, 0.29) is 41.0 Å². The van der Waals surface area contributed by atoms with Gasteiger partial charge in [0.2, 0.25) is 11.8 Å². The third-order valence-electron chi connectivity index (χ3n) is 7.26. The first kappa shape index (κ1) is 25.1. The maximum absolute atomic E-state index is 15.3. The molecule has 0 spiro atoms. The van der Waals surface area contributed by atoms with Crippen molar-refractivity contribution in [1.82, 2.24) is 29.6 Å². The Balaban J connectivity index is 1.18. The number of amides is 1. The number of rotatable bonds is 6. The van der Waals surface area contributed by atoms with Crippen molar-refractivity contribution >= 4 is 5.91 Å². The molecule has 3 aromatic heterocycles. The van der Waals surface area contributed by atoms with Gasteiger partial charge in [0.15, 0.2) is 5.82 Å². The number of hydrogen-bond acceptors (Lipinski definition) is 7. The number of nitrogens with zero attached hydrogens (tertiary/aromatic N) is 6. The van der Waals surface area contributed by atoms with Gasteiger partial charge < -0.3 is 14.7 Å². The summed E-state index contributed by atoms with van der Waals surface area (Å²) in [6.07, 6.45) is 4.67. The zero-order valence-corrected chi connectivity index (χ0v) is 21.5. The molecule has 4 aromatic rings. The molecule has 2 aliphatic rings. The highest BCUT2D eigenvalue weighted by atomic mass is 19.1. The summed E-state index contributed by atoms with van der Waals surface area (Å²) in [5.41, 5.74) is -0.0415. The van der Waals surface area contributed by atoms with E-state index in [0.29, 0.717) is 35.9 Å². The summed E-state index contributed by atoms with van der Waals surface area (Å²) >= 11 is 0. The fraction of sp³-hybridized carbons (Fsp3) is 0.321. The zero-order chi connectivity index (χ0) is 27.5. The minimum absolute atomic E-state index is 0.0258. The summed E-state index contributed by atoms with van der Waals surface area (Å²) < 4.78 is 36.4. The van der Waals surface area contributed by atoms with Gasteiger partial charge in [-0.15, -0.1) is 0 Å². The van der Waals surface area contributed by atoms with Crippen LogP contribution < -0.4 is 4.74 Å². The van der Waals surface area contributed by atoms with Gasteiger partial charge in [0.05, 0.1) is 16.9 Å². The van der Waals surface area contributed by atoms with Crippen LogP contribution in [0.15, 0.2) is 55.0 Å². The maximum Gasteiger partial charge on any atom is 0.257 e. The highest BCUT2D eigenvalue weighted by Gasteiger charge is 2.59. The molecule has 0 bridgehead atoms. The first-order valence-electron chi connectivity index (χ1n) is 12.6. The van der Waals surface area contributed by atoms with Gasteiger partial charge in [-0.25, -0.2) is 28.4 Å². The Bertz CT molecular complexity index is 1540. The number of aromatic nitrogens is 5. The van der Waals surface area contributed by atoms with Gasteiger partial charge in [-0.3, -0.25) is 4.79 Å². The summed E-state index contributed by atoms with van der Waals surface area (Å²) in [6, 6.07) is 8.43. The lowest BCUT2D eigenvalue weighted by molar-refractivity contribution is 0.0723. The number of carbonyl (C=O) groups is 1. The van der Waals surface area contributed by atoms with E-state index in [4.69, 9.17) is 4.74 Å². The summed E-state index contributed by atoms with van der Waals surface area (Å²) in [5.74, 6) is -0.494. The second kappa shape index (κ2) is 9.19. The van der Waals surface area contributed by atoms with Crippen molar-refractivity contribution in [1.29, 1.82) is 0 Å². The van der Waals surface area contributed by atoms with Crippen molar-refractivity contribution in [2.24, 2.45) is 11.8 Å². The minimum Gasteiger partial charge on any atom is -0.474 e. The zero-order valence-electron chi connectivity index (χ0n) is 21.5. The summed E-state index contributed by atoms with van der Waals surface area (Å²) in [4.78, 5) is 27.7. The molecule has 1 N–H and O–H groups in total. The Morgan fingerprint density at radius 2 is 1.77 bits per heavy atom. The molecular weight excluding hydrogens is 506 g/mol. The molecule has 0 radical (unpaired) electrons. The first-order valence-corrected chi connectivity index (χ1v) is 12.6. The molecule has 1 saturated heterocycles. The average molecular weight is 533 g/mol. The van der Waals surface area contributed by atoms with Crippen LogP contribution in [-0.4, -0.2) is 59.8 Å². The van der Waals surface area contributed by atoms with E-state index in [1.165, 1.54) is 48.9 Å². The number of carbonyl (C=O) groups excluding carboxylic acids is 1. The topological polar surface area (TPSA) is 106 Å². The van der Waals surface area contributed by atoms with E-state index in [0.717, 1.165) is 0 Å². The SMILES string of the molecule is Cc1nn(-c2ncccn2)cc1C(=O)N1C[C@@H]2C(Oc3cc(C(C)(C)O)c(F)c(-c4ccc(F)cc4)n3)[C@@H]2C1. The first-order chi connectivity index (χ1) is 18.6.